The highest BCUT2D eigenvalue weighted by Crippen LogP contribution is 2.31. The first kappa shape index (κ1) is 31.2. The molecule has 41 heavy (non-hydrogen) atoms. The molecule has 224 valence electrons. The Kier molecular flexibility index (Phi) is 11.0. The van der Waals surface area contributed by atoms with Gasteiger partial charge in [0.15, 0.2) is 5.82 Å². The summed E-state index contributed by atoms with van der Waals surface area (Å²) in [6, 6.07) is 7.50. The van der Waals surface area contributed by atoms with E-state index in [4.69, 9.17) is 9.26 Å². The van der Waals surface area contributed by atoms with Crippen LogP contribution in [-0.2, 0) is 20.9 Å². The predicted molar refractivity (Wildman–Crippen MR) is 156 cm³/mol. The third kappa shape index (κ3) is 8.62. The number of hydrogen-bond donors (Lipinski definition) is 2. The minimum absolute atomic E-state index is 0.162. The summed E-state index contributed by atoms with van der Waals surface area (Å²) in [5.74, 6) is -1.58. The molecule has 0 spiro atoms. The first-order valence-corrected chi connectivity index (χ1v) is 15.6. The average Bonchev–Trinajstić information content (AvgIpc) is 3.40. The van der Waals surface area contributed by atoms with Crippen molar-refractivity contribution in [3.8, 4) is 0 Å². The number of carbonyl (C=O) groups excluding carboxylic acids is 3. The lowest BCUT2D eigenvalue weighted by Crippen LogP contribution is -2.61. The van der Waals surface area contributed by atoms with Crippen molar-refractivity contribution >= 4 is 29.5 Å². The van der Waals surface area contributed by atoms with E-state index >= 15 is 0 Å². The van der Waals surface area contributed by atoms with Gasteiger partial charge in [0.2, 0.25) is 5.91 Å². The highest BCUT2D eigenvalue weighted by Gasteiger charge is 2.43. The highest BCUT2D eigenvalue weighted by atomic mass is 32.2. The van der Waals surface area contributed by atoms with E-state index in [2.05, 4.69) is 25.7 Å². The molecule has 4 rings (SSSR count). The molecule has 10 nitrogen and oxygen atoms in total. The van der Waals surface area contributed by atoms with Crippen molar-refractivity contribution in [3.05, 3.63) is 41.2 Å². The van der Waals surface area contributed by atoms with Crippen molar-refractivity contribution in [2.45, 2.75) is 94.7 Å². The van der Waals surface area contributed by atoms with Gasteiger partial charge in [0.1, 0.15) is 11.5 Å². The molecule has 2 N–H and O–H groups in total. The fraction of sp³-hybridized carbons (Fsp3) is 0.633. The van der Waals surface area contributed by atoms with E-state index in [-0.39, 0.29) is 22.9 Å². The number of ether oxygens (including phenoxy) is 1. The van der Waals surface area contributed by atoms with Gasteiger partial charge >= 0.3 is 0 Å². The Hall–Kier alpha value is -2.76. The molecule has 2 fully saturated rings. The Bertz CT molecular complexity index is 1170. The number of benzene rings is 1. The molecule has 1 saturated carbocycles. The van der Waals surface area contributed by atoms with E-state index in [0.717, 1.165) is 57.7 Å². The number of nitrogens with one attached hydrogen (secondary N) is 2. The average molecular weight is 586 g/mol. The molecule has 11 heteroatoms. The van der Waals surface area contributed by atoms with E-state index in [9.17, 15) is 14.4 Å². The fourth-order valence-electron chi connectivity index (χ4n) is 5.36. The van der Waals surface area contributed by atoms with Gasteiger partial charge in [-0.2, -0.15) is 4.98 Å². The standard InChI is InChI=1S/C30H43N5O5S/c1-20(2)18-24(25-31-29(40-34-25)41-21(3)4)27(37)32-28(38)30(12-6-5-7-13-30)33-26(36)23-10-8-22(9-11-23)19-35-14-16-39-17-15-35/h8-11,20-21,24H,5-7,12-19H2,1-4H3,(H,33,36)(H,32,37,38). The van der Waals surface area contributed by atoms with Crippen LogP contribution in [0.2, 0.25) is 0 Å². The largest absolute Gasteiger partial charge is 0.379 e. The minimum Gasteiger partial charge on any atom is -0.379 e. The number of nitrogens with zero attached hydrogens (tertiary/aromatic N) is 3. The molecule has 1 aromatic carbocycles. The second-order valence-corrected chi connectivity index (χ2v) is 13.3. The molecule has 1 aromatic heterocycles. The Balaban J connectivity index is 1.45. The van der Waals surface area contributed by atoms with Crippen molar-refractivity contribution in [1.29, 1.82) is 0 Å². The lowest BCUT2D eigenvalue weighted by Gasteiger charge is -2.36. The van der Waals surface area contributed by atoms with Crippen molar-refractivity contribution in [1.82, 2.24) is 25.7 Å². The molecular formula is C30H43N5O5S. The van der Waals surface area contributed by atoms with Crippen LogP contribution in [0.1, 0.15) is 93.9 Å². The fourth-order valence-corrected chi connectivity index (χ4v) is 5.99. The van der Waals surface area contributed by atoms with Crippen LogP contribution in [0.5, 0.6) is 0 Å². The van der Waals surface area contributed by atoms with Crippen LogP contribution in [0.15, 0.2) is 34.0 Å². The van der Waals surface area contributed by atoms with Crippen molar-refractivity contribution in [2.24, 2.45) is 5.92 Å². The Labute approximate surface area is 246 Å². The van der Waals surface area contributed by atoms with Crippen LogP contribution < -0.4 is 10.6 Å². The van der Waals surface area contributed by atoms with E-state index in [1.165, 1.54) is 11.8 Å². The van der Waals surface area contributed by atoms with Gasteiger partial charge in [-0.15, -0.1) is 0 Å². The molecule has 2 aromatic rings. The smallest absolute Gasteiger partial charge is 0.285 e. The first-order chi connectivity index (χ1) is 19.6. The minimum atomic E-state index is -1.16. The molecule has 1 aliphatic heterocycles. The number of amides is 3. The summed E-state index contributed by atoms with van der Waals surface area (Å²) < 4.78 is 10.8. The summed E-state index contributed by atoms with van der Waals surface area (Å²) in [5.41, 5.74) is 0.446. The Morgan fingerprint density at radius 2 is 1.71 bits per heavy atom. The Morgan fingerprint density at radius 1 is 1.02 bits per heavy atom. The van der Waals surface area contributed by atoms with Crippen LogP contribution in [-0.4, -0.2) is 69.9 Å². The lowest BCUT2D eigenvalue weighted by atomic mass is 9.80. The quantitative estimate of drug-likeness (QED) is 0.371. The zero-order chi connectivity index (χ0) is 29.4. The topological polar surface area (TPSA) is 127 Å². The van der Waals surface area contributed by atoms with Crippen LogP contribution in [0.4, 0.5) is 0 Å². The SMILES string of the molecule is CC(C)CC(C(=O)NC(=O)C1(NC(=O)c2ccc(CN3CCOCC3)cc2)CCCCC1)c1noc(SC(C)C)n1. The van der Waals surface area contributed by atoms with Crippen molar-refractivity contribution < 1.29 is 23.6 Å². The van der Waals surface area contributed by atoms with Gasteiger partial charge in [-0.25, -0.2) is 0 Å². The molecule has 2 aliphatic rings. The number of morpholine rings is 1. The molecule has 2 heterocycles. The van der Waals surface area contributed by atoms with Gasteiger partial charge in [-0.3, -0.25) is 24.6 Å². The molecule has 1 aliphatic carbocycles. The number of imide groups is 1. The van der Waals surface area contributed by atoms with Crippen LogP contribution in [0.3, 0.4) is 0 Å². The first-order valence-electron chi connectivity index (χ1n) is 14.7. The summed E-state index contributed by atoms with van der Waals surface area (Å²) in [7, 11) is 0. The maximum atomic E-state index is 13.7. The zero-order valence-corrected chi connectivity index (χ0v) is 25.4. The third-order valence-corrected chi connectivity index (χ3v) is 8.39. The molecule has 1 atom stereocenters. The summed E-state index contributed by atoms with van der Waals surface area (Å²) in [6.07, 6.45) is 3.95. The second-order valence-electron chi connectivity index (χ2n) is 11.8. The summed E-state index contributed by atoms with van der Waals surface area (Å²) in [5, 5.41) is 10.3. The van der Waals surface area contributed by atoms with Gasteiger partial charge in [0.05, 0.1) is 13.2 Å². The van der Waals surface area contributed by atoms with E-state index in [0.29, 0.717) is 30.0 Å². The van der Waals surface area contributed by atoms with E-state index < -0.39 is 23.3 Å². The maximum Gasteiger partial charge on any atom is 0.285 e. The second kappa shape index (κ2) is 14.4. The van der Waals surface area contributed by atoms with Gasteiger partial charge in [0, 0.05) is 30.4 Å². The number of thioether (sulfide) groups is 1. The number of aromatic nitrogens is 2. The van der Waals surface area contributed by atoms with Gasteiger partial charge in [-0.05, 0) is 42.9 Å². The zero-order valence-electron chi connectivity index (χ0n) is 24.6. The van der Waals surface area contributed by atoms with Crippen LogP contribution in [0.25, 0.3) is 0 Å². The van der Waals surface area contributed by atoms with Gasteiger partial charge in [0.25, 0.3) is 17.0 Å². The molecule has 3 amide bonds. The van der Waals surface area contributed by atoms with Gasteiger partial charge in [-0.1, -0.05) is 76.0 Å². The number of rotatable bonds is 11. The summed E-state index contributed by atoms with van der Waals surface area (Å²) in [6.45, 7) is 12.1. The lowest BCUT2D eigenvalue weighted by molar-refractivity contribution is -0.136. The van der Waals surface area contributed by atoms with E-state index in [1.807, 2.05) is 39.8 Å². The maximum absolute atomic E-state index is 13.7. The van der Waals surface area contributed by atoms with Crippen LogP contribution >= 0.6 is 11.8 Å². The normalized spacial score (nSPS) is 18.3. The van der Waals surface area contributed by atoms with E-state index in [1.54, 1.807) is 12.1 Å². The molecular weight excluding hydrogens is 542 g/mol. The van der Waals surface area contributed by atoms with Gasteiger partial charge < -0.3 is 14.6 Å². The third-order valence-electron chi connectivity index (χ3n) is 7.55. The summed E-state index contributed by atoms with van der Waals surface area (Å²) in [4.78, 5) is 47.3. The monoisotopic (exact) mass is 585 g/mol. The predicted octanol–water partition coefficient (Wildman–Crippen LogP) is 4.31. The van der Waals surface area contributed by atoms with Crippen molar-refractivity contribution in [3.63, 3.8) is 0 Å². The molecule has 0 radical (unpaired) electrons. The molecule has 1 unspecified atom stereocenters. The molecule has 0 bridgehead atoms. The number of hydrogen-bond acceptors (Lipinski definition) is 9. The Morgan fingerprint density at radius 3 is 2.34 bits per heavy atom. The molecule has 1 saturated heterocycles. The highest BCUT2D eigenvalue weighted by molar-refractivity contribution is 7.99. The van der Waals surface area contributed by atoms with Crippen molar-refractivity contribution in [2.75, 3.05) is 26.3 Å². The van der Waals surface area contributed by atoms with Crippen LogP contribution in [0, 0.1) is 5.92 Å². The number of carbonyl (C=O) groups is 3. The summed E-state index contributed by atoms with van der Waals surface area (Å²) >= 11 is 1.42.